The number of carbonyl (C=O) groups is 1. The van der Waals surface area contributed by atoms with Crippen molar-refractivity contribution in [3.63, 3.8) is 0 Å². The van der Waals surface area contributed by atoms with Gasteiger partial charge >= 0.3 is 11.5 Å². The zero-order chi connectivity index (χ0) is 32.9. The van der Waals surface area contributed by atoms with Crippen LogP contribution in [0.15, 0.2) is 71.6 Å². The molecule has 2 aromatic carbocycles. The molecule has 8 nitrogen and oxygen atoms in total. The third kappa shape index (κ3) is 12.0. The van der Waals surface area contributed by atoms with Crippen LogP contribution in [-0.2, 0) is 43.4 Å². The van der Waals surface area contributed by atoms with Gasteiger partial charge in [-0.05, 0) is 72.9 Å². The number of methoxy groups -OCH3 is 1. The summed E-state index contributed by atoms with van der Waals surface area (Å²) in [6.45, 7) is 0.403. The maximum Gasteiger partial charge on any atom is 0.497 e. The van der Waals surface area contributed by atoms with Gasteiger partial charge in [0.2, 0.25) is 0 Å². The van der Waals surface area contributed by atoms with E-state index in [9.17, 15) is 30.6 Å². The predicted octanol–water partition coefficient (Wildman–Crippen LogP) is 6.89. The summed E-state index contributed by atoms with van der Waals surface area (Å²) in [4.78, 5) is 15.6. The molecule has 45 heavy (non-hydrogen) atoms. The van der Waals surface area contributed by atoms with Crippen LogP contribution in [0.3, 0.4) is 0 Å². The van der Waals surface area contributed by atoms with E-state index in [1.54, 1.807) is 19.2 Å². The van der Waals surface area contributed by atoms with Crippen LogP contribution in [-0.4, -0.2) is 47.9 Å². The first-order valence-corrected chi connectivity index (χ1v) is 17.3. The number of rotatable bonds is 18. The maximum absolute atomic E-state index is 13.0. The van der Waals surface area contributed by atoms with Gasteiger partial charge in [0.05, 0.1) is 41.7 Å². The predicted molar refractivity (Wildman–Crippen MR) is 166 cm³/mol. The molecular weight excluding hydrogens is 631 g/mol. The van der Waals surface area contributed by atoms with Gasteiger partial charge in [0.25, 0.3) is 9.84 Å². The van der Waals surface area contributed by atoms with Gasteiger partial charge in [-0.25, -0.2) is 18.2 Å². The number of carboxylic acid groups (broad SMARTS) is 1. The van der Waals surface area contributed by atoms with E-state index in [0.29, 0.717) is 18.1 Å². The number of aromatic nitrogens is 1. The van der Waals surface area contributed by atoms with Crippen molar-refractivity contribution in [3.8, 4) is 11.5 Å². The largest absolute Gasteiger partial charge is 0.497 e. The molecule has 1 unspecified atom stereocenters. The molecule has 0 amide bonds. The molecule has 1 heterocycles. The second-order valence-corrected chi connectivity index (χ2v) is 13.7. The fraction of sp³-hybridized carbons (Fsp3) is 0.375. The van der Waals surface area contributed by atoms with Gasteiger partial charge in [0.1, 0.15) is 17.2 Å². The lowest BCUT2D eigenvalue weighted by Crippen LogP contribution is -2.24. The Labute approximate surface area is 263 Å². The van der Waals surface area contributed by atoms with Crippen molar-refractivity contribution in [2.24, 2.45) is 0 Å². The number of benzene rings is 2. The molecule has 0 aliphatic carbocycles. The molecule has 3 rings (SSSR count). The van der Waals surface area contributed by atoms with Crippen molar-refractivity contribution >= 4 is 32.7 Å². The summed E-state index contributed by atoms with van der Waals surface area (Å²) < 4.78 is 85.4. The number of sulfone groups is 1. The number of carboxylic acids is 1. The molecule has 0 saturated carbocycles. The minimum Gasteiger partial charge on any atom is -0.497 e. The van der Waals surface area contributed by atoms with Crippen LogP contribution in [0.25, 0.3) is 6.08 Å². The first-order valence-electron chi connectivity index (χ1n) is 14.3. The van der Waals surface area contributed by atoms with Crippen LogP contribution in [0, 0.1) is 0 Å². The zero-order valence-electron chi connectivity index (χ0n) is 24.8. The SMILES string of the molecule is COc1ccc(CCCCCCCCOc2ccc(CS(=O)c3cccc(CS(=O)(=O)C(F)(F)F)c3)nc2/C=C/C(=O)O)cc1. The summed E-state index contributed by atoms with van der Waals surface area (Å²) in [5, 5.41) is 9.08. The highest BCUT2D eigenvalue weighted by Crippen LogP contribution is 2.28. The van der Waals surface area contributed by atoms with Crippen LogP contribution >= 0.6 is 0 Å². The standard InChI is InChI=1S/C32H36F3NO7S2/c1-42-27-15-12-24(13-16-27)9-6-4-2-3-5-7-20-43-30-18-14-26(36-29(30)17-19-31(37)38)22-44(39)28-11-8-10-25(21-28)23-45(40,41)32(33,34)35/h8,10-19,21H,2-7,9,20,22-23H2,1H3,(H,37,38)/b19-17+. The van der Waals surface area contributed by atoms with Gasteiger partial charge in [0, 0.05) is 11.0 Å². The highest BCUT2D eigenvalue weighted by atomic mass is 32.2. The summed E-state index contributed by atoms with van der Waals surface area (Å²) in [5.74, 6) is -1.38. The number of nitrogens with zero attached hydrogens (tertiary/aromatic N) is 1. The van der Waals surface area contributed by atoms with Gasteiger partial charge in [-0.1, -0.05) is 49.9 Å². The van der Waals surface area contributed by atoms with Gasteiger partial charge < -0.3 is 14.6 Å². The number of aliphatic carboxylic acids is 1. The fourth-order valence-electron chi connectivity index (χ4n) is 4.38. The van der Waals surface area contributed by atoms with Crippen molar-refractivity contribution in [3.05, 3.63) is 89.3 Å². The summed E-state index contributed by atoms with van der Waals surface area (Å²) >= 11 is 0. The monoisotopic (exact) mass is 667 g/mol. The lowest BCUT2D eigenvalue weighted by Gasteiger charge is -2.11. The minimum atomic E-state index is -5.39. The quantitative estimate of drug-likeness (QED) is 0.115. The zero-order valence-corrected chi connectivity index (χ0v) is 26.4. The molecule has 0 aliphatic heterocycles. The first-order chi connectivity index (χ1) is 21.4. The number of pyridine rings is 1. The van der Waals surface area contributed by atoms with E-state index in [1.165, 1.54) is 29.8 Å². The number of hydrogen-bond donors (Lipinski definition) is 1. The highest BCUT2D eigenvalue weighted by molar-refractivity contribution is 7.91. The first kappa shape index (κ1) is 35.8. The Morgan fingerprint density at radius 3 is 2.31 bits per heavy atom. The Morgan fingerprint density at radius 2 is 1.64 bits per heavy atom. The molecule has 0 saturated heterocycles. The number of hydrogen-bond acceptors (Lipinski definition) is 7. The Hall–Kier alpha value is -3.71. The number of halogens is 3. The van der Waals surface area contributed by atoms with Gasteiger partial charge in [-0.3, -0.25) is 4.21 Å². The van der Waals surface area contributed by atoms with Crippen LogP contribution in [0.5, 0.6) is 11.5 Å². The summed E-state index contributed by atoms with van der Waals surface area (Å²) in [5.41, 5.74) is -3.69. The molecular formula is C32H36F3NO7S2. The van der Waals surface area contributed by atoms with Gasteiger partial charge in [-0.15, -0.1) is 0 Å². The average molecular weight is 668 g/mol. The Bertz CT molecular complexity index is 1570. The summed E-state index contributed by atoms with van der Waals surface area (Å²) in [7, 11) is -5.51. The molecule has 1 N–H and O–H groups in total. The second kappa shape index (κ2) is 17.1. The highest BCUT2D eigenvalue weighted by Gasteiger charge is 2.45. The Morgan fingerprint density at radius 1 is 0.956 bits per heavy atom. The van der Waals surface area contributed by atoms with Crippen LogP contribution in [0.2, 0.25) is 0 Å². The molecule has 1 aromatic heterocycles. The van der Waals surface area contributed by atoms with E-state index in [0.717, 1.165) is 62.8 Å². The third-order valence-corrected chi connectivity index (χ3v) is 9.51. The van der Waals surface area contributed by atoms with Crippen molar-refractivity contribution in [2.75, 3.05) is 13.7 Å². The molecule has 244 valence electrons. The number of unbranched alkanes of at least 4 members (excludes halogenated alkanes) is 5. The van der Waals surface area contributed by atoms with Gasteiger partial charge in [0.15, 0.2) is 0 Å². The number of alkyl halides is 3. The van der Waals surface area contributed by atoms with Crippen molar-refractivity contribution < 1.29 is 45.2 Å². The second-order valence-electron chi connectivity index (χ2n) is 10.3. The fourth-order valence-corrected chi connectivity index (χ4v) is 6.28. The lowest BCUT2D eigenvalue weighted by molar-refractivity contribution is -0.131. The molecule has 0 bridgehead atoms. The van der Waals surface area contributed by atoms with E-state index >= 15 is 0 Å². The molecule has 0 aliphatic rings. The molecule has 13 heteroatoms. The lowest BCUT2D eigenvalue weighted by atomic mass is 10.0. The molecule has 3 aromatic rings. The van der Waals surface area contributed by atoms with Crippen LogP contribution in [0.4, 0.5) is 13.2 Å². The summed E-state index contributed by atoms with van der Waals surface area (Å²) in [6, 6.07) is 16.4. The van der Waals surface area contributed by atoms with Crippen molar-refractivity contribution in [1.82, 2.24) is 4.98 Å². The Kier molecular flexibility index (Phi) is 13.6. The normalized spacial score (nSPS) is 12.7. The number of aryl methyl sites for hydroxylation is 1. The maximum atomic E-state index is 13.0. The van der Waals surface area contributed by atoms with Gasteiger partial charge in [-0.2, -0.15) is 13.2 Å². The van der Waals surface area contributed by atoms with E-state index < -0.39 is 37.9 Å². The summed E-state index contributed by atoms with van der Waals surface area (Å²) in [6.07, 6.45) is 9.37. The van der Waals surface area contributed by atoms with Crippen LogP contribution < -0.4 is 9.47 Å². The minimum absolute atomic E-state index is 0.135. The number of ether oxygens (including phenoxy) is 2. The van der Waals surface area contributed by atoms with E-state index in [4.69, 9.17) is 14.6 Å². The van der Waals surface area contributed by atoms with E-state index in [1.807, 2.05) is 12.1 Å². The average Bonchev–Trinajstić information content (AvgIpc) is 2.99. The van der Waals surface area contributed by atoms with Crippen LogP contribution in [0.1, 0.15) is 61.0 Å². The molecule has 0 spiro atoms. The third-order valence-electron chi connectivity index (χ3n) is 6.75. The molecule has 0 radical (unpaired) electrons. The molecule has 1 atom stereocenters. The van der Waals surface area contributed by atoms with E-state index in [-0.39, 0.29) is 21.9 Å². The smallest absolute Gasteiger partial charge is 0.497 e. The molecule has 0 fully saturated rings. The topological polar surface area (TPSA) is 120 Å². The van der Waals surface area contributed by atoms with Crippen molar-refractivity contribution in [1.29, 1.82) is 0 Å². The van der Waals surface area contributed by atoms with Crippen molar-refractivity contribution in [2.45, 2.75) is 66.9 Å². The Balaban J connectivity index is 1.50. The van der Waals surface area contributed by atoms with E-state index in [2.05, 4.69) is 17.1 Å².